The average Bonchev–Trinajstić information content (AvgIpc) is 2.63. The van der Waals surface area contributed by atoms with E-state index in [0.717, 1.165) is 19.4 Å². The van der Waals surface area contributed by atoms with E-state index in [1.165, 1.54) is 0 Å². The Morgan fingerprint density at radius 2 is 2.46 bits per heavy atom. The van der Waals surface area contributed by atoms with Crippen molar-refractivity contribution in [2.45, 2.75) is 31.4 Å². The van der Waals surface area contributed by atoms with Gasteiger partial charge in [-0.1, -0.05) is 0 Å². The van der Waals surface area contributed by atoms with Gasteiger partial charge in [0.2, 0.25) is 0 Å². The van der Waals surface area contributed by atoms with Gasteiger partial charge in [-0.05, 0) is 19.8 Å². The zero-order chi connectivity index (χ0) is 9.05. The Kier molecular flexibility index (Phi) is 1.34. The molecule has 0 saturated carbocycles. The number of hydrogen-bond donors (Lipinski definition) is 0. The van der Waals surface area contributed by atoms with E-state index in [0.29, 0.717) is 6.61 Å². The van der Waals surface area contributed by atoms with Crippen molar-refractivity contribution >= 4 is 5.97 Å². The van der Waals surface area contributed by atoms with Crippen LogP contribution in [0.2, 0.25) is 0 Å². The zero-order valence-electron chi connectivity index (χ0n) is 7.66. The van der Waals surface area contributed by atoms with E-state index in [-0.39, 0.29) is 23.5 Å². The minimum Gasteiger partial charge on any atom is -0.462 e. The third-order valence-electron chi connectivity index (χ3n) is 3.37. The lowest BCUT2D eigenvalue weighted by atomic mass is 9.86. The molecule has 0 amide bonds. The van der Waals surface area contributed by atoms with Gasteiger partial charge in [-0.25, -0.2) is 0 Å². The Labute approximate surface area is 76.7 Å². The standard InChI is InChI=1S/C9H13NO3/c1-9-5-12-8(11)7(9)6-3-2-4-10(6)13-9/h6-7H,2-5H2,1H3/t6-,7+,9-/m1/s1. The van der Waals surface area contributed by atoms with Gasteiger partial charge in [0.25, 0.3) is 0 Å². The Hall–Kier alpha value is -0.610. The maximum Gasteiger partial charge on any atom is 0.313 e. The molecule has 3 atom stereocenters. The van der Waals surface area contributed by atoms with Crippen LogP contribution >= 0.6 is 0 Å². The Balaban J connectivity index is 1.97. The van der Waals surface area contributed by atoms with Crippen molar-refractivity contribution in [2.24, 2.45) is 5.92 Å². The Morgan fingerprint density at radius 3 is 3.31 bits per heavy atom. The summed E-state index contributed by atoms with van der Waals surface area (Å²) in [7, 11) is 0. The van der Waals surface area contributed by atoms with Crippen molar-refractivity contribution in [2.75, 3.05) is 13.2 Å². The molecule has 4 nitrogen and oxygen atoms in total. The van der Waals surface area contributed by atoms with Crippen LogP contribution in [0, 0.1) is 5.92 Å². The van der Waals surface area contributed by atoms with Gasteiger partial charge in [-0.3, -0.25) is 9.63 Å². The maximum atomic E-state index is 11.5. The molecular formula is C9H13NO3. The van der Waals surface area contributed by atoms with Gasteiger partial charge in [0.1, 0.15) is 18.1 Å². The number of hydrogen-bond acceptors (Lipinski definition) is 4. The number of hydroxylamine groups is 2. The molecule has 72 valence electrons. The van der Waals surface area contributed by atoms with Crippen LogP contribution < -0.4 is 0 Å². The fourth-order valence-electron chi connectivity index (χ4n) is 2.77. The van der Waals surface area contributed by atoms with Crippen LogP contribution in [-0.4, -0.2) is 35.8 Å². The first-order valence-corrected chi connectivity index (χ1v) is 4.83. The molecule has 0 spiro atoms. The SMILES string of the molecule is C[C@@]12COC(=O)[C@@H]1[C@H]1CCCN1O2. The van der Waals surface area contributed by atoms with E-state index < -0.39 is 0 Å². The fourth-order valence-corrected chi connectivity index (χ4v) is 2.77. The highest BCUT2D eigenvalue weighted by atomic mass is 16.7. The van der Waals surface area contributed by atoms with Crippen LogP contribution in [0.1, 0.15) is 19.8 Å². The van der Waals surface area contributed by atoms with Crippen molar-refractivity contribution in [1.82, 2.24) is 5.06 Å². The molecule has 3 heterocycles. The lowest BCUT2D eigenvalue weighted by Gasteiger charge is -2.19. The molecule has 3 fully saturated rings. The average molecular weight is 183 g/mol. The molecule has 0 aliphatic carbocycles. The topological polar surface area (TPSA) is 38.8 Å². The molecule has 13 heavy (non-hydrogen) atoms. The van der Waals surface area contributed by atoms with Gasteiger partial charge in [-0.15, -0.1) is 0 Å². The molecule has 3 aliphatic heterocycles. The van der Waals surface area contributed by atoms with Crippen molar-refractivity contribution in [3.05, 3.63) is 0 Å². The molecule has 0 radical (unpaired) electrons. The highest BCUT2D eigenvalue weighted by Crippen LogP contribution is 2.45. The molecule has 0 aromatic rings. The van der Waals surface area contributed by atoms with Crippen molar-refractivity contribution < 1.29 is 14.4 Å². The molecule has 4 heteroatoms. The summed E-state index contributed by atoms with van der Waals surface area (Å²) in [6.07, 6.45) is 2.19. The predicted octanol–water partition coefficient (Wildman–Crippen LogP) is 0.328. The summed E-state index contributed by atoms with van der Waals surface area (Å²) in [5.41, 5.74) is -0.373. The van der Waals surface area contributed by atoms with Gasteiger partial charge < -0.3 is 4.74 Å². The highest BCUT2D eigenvalue weighted by molar-refractivity contribution is 5.77. The minimum absolute atomic E-state index is 0.0463. The summed E-state index contributed by atoms with van der Waals surface area (Å²) in [6.45, 7) is 3.36. The van der Waals surface area contributed by atoms with Gasteiger partial charge >= 0.3 is 5.97 Å². The Bertz CT molecular complexity index is 268. The molecular weight excluding hydrogens is 170 g/mol. The zero-order valence-corrected chi connectivity index (χ0v) is 7.66. The van der Waals surface area contributed by atoms with E-state index in [2.05, 4.69) is 0 Å². The van der Waals surface area contributed by atoms with E-state index in [1.54, 1.807) is 0 Å². The summed E-state index contributed by atoms with van der Waals surface area (Å²) < 4.78 is 5.04. The predicted molar refractivity (Wildman–Crippen MR) is 43.7 cm³/mol. The van der Waals surface area contributed by atoms with Gasteiger partial charge in [-0.2, -0.15) is 5.06 Å². The van der Waals surface area contributed by atoms with E-state index >= 15 is 0 Å². The second-order valence-electron chi connectivity index (χ2n) is 4.34. The van der Waals surface area contributed by atoms with Gasteiger partial charge in [0, 0.05) is 6.54 Å². The number of rotatable bonds is 0. The number of esters is 1. The third-order valence-corrected chi connectivity index (χ3v) is 3.37. The van der Waals surface area contributed by atoms with Crippen molar-refractivity contribution in [3.63, 3.8) is 0 Å². The van der Waals surface area contributed by atoms with Crippen LogP contribution in [-0.2, 0) is 14.4 Å². The van der Waals surface area contributed by atoms with E-state index in [1.807, 2.05) is 12.0 Å². The third kappa shape index (κ3) is 0.849. The van der Waals surface area contributed by atoms with Crippen molar-refractivity contribution in [1.29, 1.82) is 0 Å². The maximum absolute atomic E-state index is 11.5. The molecule has 3 aliphatic rings. The first-order chi connectivity index (χ1) is 6.21. The Morgan fingerprint density at radius 1 is 1.62 bits per heavy atom. The summed E-state index contributed by atoms with van der Waals surface area (Å²) >= 11 is 0. The largest absolute Gasteiger partial charge is 0.462 e. The molecule has 0 unspecified atom stereocenters. The second kappa shape index (κ2) is 2.25. The monoisotopic (exact) mass is 183 g/mol. The van der Waals surface area contributed by atoms with Crippen molar-refractivity contribution in [3.8, 4) is 0 Å². The smallest absolute Gasteiger partial charge is 0.313 e. The van der Waals surface area contributed by atoms with E-state index in [9.17, 15) is 4.79 Å². The number of cyclic esters (lactones) is 1. The number of ether oxygens (including phenoxy) is 1. The molecule has 0 aromatic carbocycles. The van der Waals surface area contributed by atoms with Crippen LogP contribution in [0.15, 0.2) is 0 Å². The minimum atomic E-state index is -0.373. The summed E-state index contributed by atoms with van der Waals surface area (Å²) in [4.78, 5) is 17.2. The van der Waals surface area contributed by atoms with Crippen LogP contribution in [0.4, 0.5) is 0 Å². The molecule has 3 saturated heterocycles. The lowest BCUT2D eigenvalue weighted by molar-refractivity contribution is -0.195. The van der Waals surface area contributed by atoms with Gasteiger partial charge in [0.05, 0.1) is 6.04 Å². The highest BCUT2D eigenvalue weighted by Gasteiger charge is 2.61. The fraction of sp³-hybridized carbons (Fsp3) is 0.889. The lowest BCUT2D eigenvalue weighted by Crippen LogP contribution is -2.35. The van der Waals surface area contributed by atoms with Crippen LogP contribution in [0.5, 0.6) is 0 Å². The molecule has 0 bridgehead atoms. The number of carbonyl (C=O) groups is 1. The molecule has 3 rings (SSSR count). The normalized spacial score (nSPS) is 49.2. The number of carbonyl (C=O) groups excluding carboxylic acids is 1. The van der Waals surface area contributed by atoms with Crippen LogP contribution in [0.25, 0.3) is 0 Å². The molecule has 0 N–H and O–H groups in total. The molecule has 0 aromatic heterocycles. The quantitative estimate of drug-likeness (QED) is 0.507. The summed E-state index contributed by atoms with van der Waals surface area (Å²) in [5, 5.41) is 1.98. The van der Waals surface area contributed by atoms with Gasteiger partial charge in [0.15, 0.2) is 0 Å². The number of fused-ring (bicyclic) bond motifs is 3. The summed E-state index contributed by atoms with van der Waals surface area (Å²) in [5.74, 6) is -0.119. The second-order valence-corrected chi connectivity index (χ2v) is 4.34. The summed E-state index contributed by atoms with van der Waals surface area (Å²) in [6, 6.07) is 0.278. The first-order valence-electron chi connectivity index (χ1n) is 4.83. The first kappa shape index (κ1) is 7.76. The number of nitrogens with zero attached hydrogens (tertiary/aromatic N) is 1. The van der Waals surface area contributed by atoms with E-state index in [4.69, 9.17) is 9.57 Å². The van der Waals surface area contributed by atoms with Crippen LogP contribution in [0.3, 0.4) is 0 Å².